The summed E-state index contributed by atoms with van der Waals surface area (Å²) in [5, 5.41) is 4.65. The molecule has 1 saturated heterocycles. The van der Waals surface area contributed by atoms with Crippen LogP contribution in [0.5, 0.6) is 0 Å². The summed E-state index contributed by atoms with van der Waals surface area (Å²) in [6.45, 7) is 9.51. The standard InChI is InChI=1S/C15H30N2S/c1-11(2)7-13-10-17(12(3)9-16-13)14-5-6-15(8-14)18-4/h11-16H,5-10H2,1-4H3. The molecule has 2 nitrogen and oxygen atoms in total. The first kappa shape index (κ1) is 14.7. The Bertz CT molecular complexity index is 257. The molecule has 4 unspecified atom stereocenters. The smallest absolute Gasteiger partial charge is 0.0198 e. The predicted octanol–water partition coefficient (Wildman–Crippen LogP) is 2.98. The Kier molecular flexibility index (Phi) is 5.40. The highest BCUT2D eigenvalue weighted by molar-refractivity contribution is 7.99. The Hall–Kier alpha value is 0.270. The maximum atomic E-state index is 3.73. The van der Waals surface area contributed by atoms with Gasteiger partial charge in [0.05, 0.1) is 0 Å². The molecule has 2 aliphatic rings. The summed E-state index contributed by atoms with van der Waals surface area (Å²) in [4.78, 5) is 2.81. The van der Waals surface area contributed by atoms with Gasteiger partial charge in [-0.05, 0) is 44.8 Å². The van der Waals surface area contributed by atoms with Crippen molar-refractivity contribution in [1.82, 2.24) is 10.2 Å². The highest BCUT2D eigenvalue weighted by atomic mass is 32.2. The summed E-state index contributed by atoms with van der Waals surface area (Å²) in [7, 11) is 0. The van der Waals surface area contributed by atoms with Gasteiger partial charge in [-0.15, -0.1) is 0 Å². The van der Waals surface area contributed by atoms with E-state index in [0.717, 1.165) is 29.3 Å². The van der Waals surface area contributed by atoms with Gasteiger partial charge in [0.1, 0.15) is 0 Å². The Labute approximate surface area is 117 Å². The lowest BCUT2D eigenvalue weighted by Crippen LogP contribution is -2.58. The highest BCUT2D eigenvalue weighted by Crippen LogP contribution is 2.33. The van der Waals surface area contributed by atoms with E-state index in [-0.39, 0.29) is 0 Å². The van der Waals surface area contributed by atoms with Crippen LogP contribution in [0.3, 0.4) is 0 Å². The van der Waals surface area contributed by atoms with Crippen LogP contribution < -0.4 is 5.32 Å². The van der Waals surface area contributed by atoms with Crippen LogP contribution in [0, 0.1) is 5.92 Å². The van der Waals surface area contributed by atoms with Gasteiger partial charge >= 0.3 is 0 Å². The van der Waals surface area contributed by atoms with Crippen LogP contribution in [-0.4, -0.2) is 47.6 Å². The molecule has 0 aromatic heterocycles. The zero-order valence-corrected chi connectivity index (χ0v) is 13.3. The van der Waals surface area contributed by atoms with Crippen LogP contribution in [-0.2, 0) is 0 Å². The molecule has 4 atom stereocenters. The van der Waals surface area contributed by atoms with Crippen molar-refractivity contribution in [3.63, 3.8) is 0 Å². The second-order valence-corrected chi connectivity index (χ2v) is 7.74. The van der Waals surface area contributed by atoms with Crippen molar-refractivity contribution in [3.8, 4) is 0 Å². The van der Waals surface area contributed by atoms with Crippen LogP contribution in [0.1, 0.15) is 46.5 Å². The third-order valence-corrected chi connectivity index (χ3v) is 5.71. The molecule has 1 saturated carbocycles. The average molecular weight is 270 g/mol. The molecule has 1 heterocycles. The Morgan fingerprint density at radius 1 is 1.33 bits per heavy atom. The molecular formula is C15H30N2S. The minimum absolute atomic E-state index is 0.717. The van der Waals surface area contributed by atoms with Crippen molar-refractivity contribution in [2.75, 3.05) is 19.3 Å². The molecule has 3 heteroatoms. The lowest BCUT2D eigenvalue weighted by molar-refractivity contribution is 0.0873. The largest absolute Gasteiger partial charge is 0.311 e. The summed E-state index contributed by atoms with van der Waals surface area (Å²) in [6, 6.07) is 2.29. The van der Waals surface area contributed by atoms with Gasteiger partial charge in [-0.2, -0.15) is 11.8 Å². The Morgan fingerprint density at radius 3 is 2.72 bits per heavy atom. The quantitative estimate of drug-likeness (QED) is 0.845. The van der Waals surface area contributed by atoms with Crippen molar-refractivity contribution in [2.45, 2.75) is 69.8 Å². The Morgan fingerprint density at radius 2 is 2.11 bits per heavy atom. The topological polar surface area (TPSA) is 15.3 Å². The predicted molar refractivity (Wildman–Crippen MR) is 82.4 cm³/mol. The molecule has 106 valence electrons. The fraction of sp³-hybridized carbons (Fsp3) is 1.00. The molecule has 0 spiro atoms. The zero-order valence-electron chi connectivity index (χ0n) is 12.5. The van der Waals surface area contributed by atoms with Gasteiger partial charge in [-0.3, -0.25) is 4.90 Å². The summed E-state index contributed by atoms with van der Waals surface area (Å²) < 4.78 is 0. The third-order valence-electron chi connectivity index (χ3n) is 4.61. The molecule has 1 aliphatic heterocycles. The summed E-state index contributed by atoms with van der Waals surface area (Å²) in [6.07, 6.45) is 7.86. The normalized spacial score (nSPS) is 38.5. The van der Waals surface area contributed by atoms with Crippen LogP contribution in [0.2, 0.25) is 0 Å². The minimum Gasteiger partial charge on any atom is -0.311 e. The van der Waals surface area contributed by atoms with Crippen LogP contribution >= 0.6 is 11.8 Å². The van der Waals surface area contributed by atoms with Crippen LogP contribution in [0.4, 0.5) is 0 Å². The molecule has 0 radical (unpaired) electrons. The second-order valence-electron chi connectivity index (χ2n) is 6.61. The van der Waals surface area contributed by atoms with Crippen LogP contribution in [0.15, 0.2) is 0 Å². The van der Waals surface area contributed by atoms with E-state index in [4.69, 9.17) is 0 Å². The van der Waals surface area contributed by atoms with E-state index in [1.54, 1.807) is 0 Å². The number of rotatable bonds is 4. The summed E-state index contributed by atoms with van der Waals surface area (Å²) in [5.41, 5.74) is 0. The number of thioether (sulfide) groups is 1. The molecule has 1 N–H and O–H groups in total. The fourth-order valence-electron chi connectivity index (χ4n) is 3.62. The SMILES string of the molecule is CSC1CCC(N2CC(CC(C)C)NCC2C)C1. The Balaban J connectivity index is 1.89. The minimum atomic E-state index is 0.717. The first-order valence-electron chi connectivity index (χ1n) is 7.62. The van der Waals surface area contributed by atoms with Gasteiger partial charge in [0, 0.05) is 36.5 Å². The van der Waals surface area contributed by atoms with Crippen molar-refractivity contribution in [3.05, 3.63) is 0 Å². The van der Waals surface area contributed by atoms with Crippen molar-refractivity contribution >= 4 is 11.8 Å². The number of hydrogen-bond acceptors (Lipinski definition) is 3. The van der Waals surface area contributed by atoms with E-state index >= 15 is 0 Å². The maximum absolute atomic E-state index is 3.73. The number of hydrogen-bond donors (Lipinski definition) is 1. The number of piperazine rings is 1. The first-order valence-corrected chi connectivity index (χ1v) is 8.90. The van der Waals surface area contributed by atoms with E-state index in [1.807, 2.05) is 0 Å². The molecule has 2 rings (SSSR count). The van der Waals surface area contributed by atoms with Gasteiger partial charge in [-0.25, -0.2) is 0 Å². The lowest BCUT2D eigenvalue weighted by atomic mass is 9.98. The van der Waals surface area contributed by atoms with Gasteiger partial charge < -0.3 is 5.32 Å². The molecular weight excluding hydrogens is 240 g/mol. The zero-order chi connectivity index (χ0) is 13.1. The van der Waals surface area contributed by atoms with Gasteiger partial charge in [-0.1, -0.05) is 13.8 Å². The van der Waals surface area contributed by atoms with Gasteiger partial charge in [0.25, 0.3) is 0 Å². The molecule has 18 heavy (non-hydrogen) atoms. The monoisotopic (exact) mass is 270 g/mol. The molecule has 2 fully saturated rings. The van der Waals surface area contributed by atoms with Crippen LogP contribution in [0.25, 0.3) is 0 Å². The highest BCUT2D eigenvalue weighted by Gasteiger charge is 2.34. The molecule has 0 amide bonds. The van der Waals surface area contributed by atoms with Gasteiger partial charge in [0.2, 0.25) is 0 Å². The summed E-state index contributed by atoms with van der Waals surface area (Å²) >= 11 is 2.07. The van der Waals surface area contributed by atoms with E-state index in [2.05, 4.69) is 49.0 Å². The number of nitrogens with zero attached hydrogens (tertiary/aromatic N) is 1. The number of nitrogens with one attached hydrogen (secondary N) is 1. The van der Waals surface area contributed by atoms with Crippen molar-refractivity contribution < 1.29 is 0 Å². The second kappa shape index (κ2) is 6.62. The average Bonchev–Trinajstić information content (AvgIpc) is 2.79. The van der Waals surface area contributed by atoms with E-state index in [9.17, 15) is 0 Å². The maximum Gasteiger partial charge on any atom is 0.0198 e. The van der Waals surface area contributed by atoms with E-state index in [0.29, 0.717) is 0 Å². The molecule has 1 aliphatic carbocycles. The first-order chi connectivity index (χ1) is 8.60. The third kappa shape index (κ3) is 3.64. The molecule has 0 aromatic carbocycles. The van der Waals surface area contributed by atoms with E-state index < -0.39 is 0 Å². The van der Waals surface area contributed by atoms with Gasteiger partial charge in [0.15, 0.2) is 0 Å². The van der Waals surface area contributed by atoms with Crippen molar-refractivity contribution in [1.29, 1.82) is 0 Å². The molecule has 0 bridgehead atoms. The fourth-order valence-corrected chi connectivity index (χ4v) is 4.41. The lowest BCUT2D eigenvalue weighted by Gasteiger charge is -2.43. The van der Waals surface area contributed by atoms with E-state index in [1.165, 1.54) is 38.8 Å². The van der Waals surface area contributed by atoms with Crippen molar-refractivity contribution in [2.24, 2.45) is 5.92 Å². The molecule has 0 aromatic rings. The summed E-state index contributed by atoms with van der Waals surface area (Å²) in [5.74, 6) is 0.806.